The summed E-state index contributed by atoms with van der Waals surface area (Å²) in [7, 11) is 0. The van der Waals surface area contributed by atoms with E-state index in [-0.39, 0.29) is 5.91 Å². The van der Waals surface area contributed by atoms with E-state index in [4.69, 9.17) is 14.2 Å². The molecule has 3 aromatic carbocycles. The van der Waals surface area contributed by atoms with Crippen LogP contribution in [-0.4, -0.2) is 25.3 Å². The van der Waals surface area contributed by atoms with Crippen molar-refractivity contribution in [3.63, 3.8) is 0 Å². The van der Waals surface area contributed by atoms with E-state index in [1.165, 1.54) is 0 Å². The second-order valence-electron chi connectivity index (χ2n) is 6.71. The van der Waals surface area contributed by atoms with Gasteiger partial charge in [0.05, 0.1) is 19.4 Å². The number of carbonyl (C=O) groups excluding carboxylic acids is 1. The van der Waals surface area contributed by atoms with Crippen LogP contribution in [0, 0.1) is 0 Å². The zero-order chi connectivity index (χ0) is 22.8. The molecular formula is C25H25BrN2O4. The van der Waals surface area contributed by atoms with Gasteiger partial charge in [0.15, 0.2) is 11.5 Å². The molecule has 32 heavy (non-hydrogen) atoms. The Morgan fingerprint density at radius 2 is 1.59 bits per heavy atom. The van der Waals surface area contributed by atoms with Gasteiger partial charge < -0.3 is 14.2 Å². The average molecular weight is 497 g/mol. The summed E-state index contributed by atoms with van der Waals surface area (Å²) in [4.78, 5) is 12.4. The number of ether oxygens (including phenoxy) is 3. The van der Waals surface area contributed by atoms with Gasteiger partial charge in [-0.2, -0.15) is 5.10 Å². The topological polar surface area (TPSA) is 69.2 Å². The molecule has 0 heterocycles. The zero-order valence-electron chi connectivity index (χ0n) is 18.0. The molecule has 0 aliphatic carbocycles. The molecule has 0 aromatic heterocycles. The van der Waals surface area contributed by atoms with Crippen molar-refractivity contribution in [2.75, 3.05) is 13.2 Å². The third-order valence-electron chi connectivity index (χ3n) is 4.38. The van der Waals surface area contributed by atoms with Crippen molar-refractivity contribution in [3.8, 4) is 17.2 Å². The summed E-state index contributed by atoms with van der Waals surface area (Å²) < 4.78 is 17.9. The Kier molecular flexibility index (Phi) is 8.69. The molecule has 1 N–H and O–H groups in total. The minimum atomic E-state index is -0.334. The molecule has 0 unspecified atom stereocenters. The van der Waals surface area contributed by atoms with Crippen LogP contribution in [0.1, 0.15) is 35.3 Å². The first-order valence-electron chi connectivity index (χ1n) is 10.3. The molecule has 0 bridgehead atoms. The lowest BCUT2D eigenvalue weighted by atomic mass is 10.2. The fourth-order valence-corrected chi connectivity index (χ4v) is 3.08. The summed E-state index contributed by atoms with van der Waals surface area (Å²) in [5.41, 5.74) is 4.89. The van der Waals surface area contributed by atoms with Gasteiger partial charge in [-0.3, -0.25) is 4.79 Å². The van der Waals surface area contributed by atoms with E-state index in [0.29, 0.717) is 36.9 Å². The Bertz CT molecular complexity index is 1050. The van der Waals surface area contributed by atoms with Gasteiger partial charge in [-0.25, -0.2) is 5.43 Å². The van der Waals surface area contributed by atoms with Crippen molar-refractivity contribution < 1.29 is 19.0 Å². The molecule has 3 rings (SSSR count). The fraction of sp³-hybridized carbons (Fsp3) is 0.200. The van der Waals surface area contributed by atoms with Crippen molar-refractivity contribution in [2.45, 2.75) is 20.5 Å². The summed E-state index contributed by atoms with van der Waals surface area (Å²) >= 11 is 3.42. The van der Waals surface area contributed by atoms with Gasteiger partial charge in [-0.15, -0.1) is 0 Å². The normalized spacial score (nSPS) is 10.7. The van der Waals surface area contributed by atoms with Crippen molar-refractivity contribution in [1.29, 1.82) is 0 Å². The number of carbonyl (C=O) groups is 1. The third-order valence-corrected chi connectivity index (χ3v) is 4.91. The number of nitrogens with zero attached hydrogens (tertiary/aromatic N) is 1. The average Bonchev–Trinajstić information content (AvgIpc) is 2.81. The zero-order valence-corrected chi connectivity index (χ0v) is 19.6. The van der Waals surface area contributed by atoms with E-state index in [1.807, 2.05) is 62.4 Å². The van der Waals surface area contributed by atoms with Crippen LogP contribution in [0.2, 0.25) is 0 Å². The van der Waals surface area contributed by atoms with Gasteiger partial charge >= 0.3 is 0 Å². The standard InChI is InChI=1S/C25H25BrN2O4/c1-3-30-23-14-9-20(15-24(23)31-4-2)25(29)28-27-16-18-7-12-22(13-8-18)32-17-19-5-10-21(26)11-6-19/h5-16H,3-4,17H2,1-2H3,(H,28,29)/b27-16+. The summed E-state index contributed by atoms with van der Waals surface area (Å²) in [6.45, 7) is 5.26. The van der Waals surface area contributed by atoms with E-state index >= 15 is 0 Å². The van der Waals surface area contributed by atoms with Crippen LogP contribution >= 0.6 is 15.9 Å². The second-order valence-corrected chi connectivity index (χ2v) is 7.63. The lowest BCUT2D eigenvalue weighted by Gasteiger charge is -2.11. The Labute approximate surface area is 196 Å². The van der Waals surface area contributed by atoms with Crippen LogP contribution < -0.4 is 19.6 Å². The van der Waals surface area contributed by atoms with Crippen molar-refractivity contribution in [2.24, 2.45) is 5.10 Å². The lowest BCUT2D eigenvalue weighted by molar-refractivity contribution is 0.0954. The molecule has 0 atom stereocenters. The Morgan fingerprint density at radius 1 is 0.906 bits per heavy atom. The largest absolute Gasteiger partial charge is 0.490 e. The quantitative estimate of drug-likeness (QED) is 0.293. The number of rotatable bonds is 10. The van der Waals surface area contributed by atoms with E-state index < -0.39 is 0 Å². The van der Waals surface area contributed by atoms with Crippen LogP contribution in [0.15, 0.2) is 76.3 Å². The minimum Gasteiger partial charge on any atom is -0.490 e. The maximum atomic E-state index is 12.4. The molecule has 3 aromatic rings. The number of halogens is 1. The van der Waals surface area contributed by atoms with Crippen LogP contribution in [0.5, 0.6) is 17.2 Å². The monoisotopic (exact) mass is 496 g/mol. The molecule has 0 aliphatic heterocycles. The number of hydrogen-bond acceptors (Lipinski definition) is 5. The smallest absolute Gasteiger partial charge is 0.271 e. The highest BCUT2D eigenvalue weighted by Gasteiger charge is 2.11. The Hall–Kier alpha value is -3.32. The van der Waals surface area contributed by atoms with Gasteiger partial charge in [0.25, 0.3) is 5.91 Å². The molecule has 0 saturated carbocycles. The molecule has 1 amide bonds. The molecule has 166 valence electrons. The predicted octanol–water partition coefficient (Wildman–Crippen LogP) is 5.59. The number of amides is 1. The molecular weight excluding hydrogens is 472 g/mol. The first kappa shape index (κ1) is 23.3. The SMILES string of the molecule is CCOc1ccc(C(=O)N/N=C/c2ccc(OCc3ccc(Br)cc3)cc2)cc1OCC. The first-order chi connectivity index (χ1) is 15.6. The highest BCUT2D eigenvalue weighted by Crippen LogP contribution is 2.28. The summed E-state index contributed by atoms with van der Waals surface area (Å²) in [5.74, 6) is 1.56. The highest BCUT2D eigenvalue weighted by atomic mass is 79.9. The summed E-state index contributed by atoms with van der Waals surface area (Å²) in [6.07, 6.45) is 1.58. The van der Waals surface area contributed by atoms with Crippen molar-refractivity contribution >= 4 is 28.1 Å². The predicted molar refractivity (Wildman–Crippen MR) is 129 cm³/mol. The van der Waals surface area contributed by atoms with Crippen molar-refractivity contribution in [3.05, 3.63) is 87.9 Å². The second kappa shape index (κ2) is 11.9. The van der Waals surface area contributed by atoms with Gasteiger partial charge in [-0.05, 0) is 79.6 Å². The maximum absolute atomic E-state index is 12.4. The van der Waals surface area contributed by atoms with E-state index in [0.717, 1.165) is 21.3 Å². The molecule has 6 nitrogen and oxygen atoms in total. The highest BCUT2D eigenvalue weighted by molar-refractivity contribution is 9.10. The Morgan fingerprint density at radius 3 is 2.28 bits per heavy atom. The van der Waals surface area contributed by atoms with Gasteiger partial charge in [0.2, 0.25) is 0 Å². The summed E-state index contributed by atoms with van der Waals surface area (Å²) in [5, 5.41) is 4.04. The van der Waals surface area contributed by atoms with Gasteiger partial charge in [-0.1, -0.05) is 28.1 Å². The van der Waals surface area contributed by atoms with Crippen LogP contribution in [0.4, 0.5) is 0 Å². The molecule has 0 fully saturated rings. The summed E-state index contributed by atoms with van der Waals surface area (Å²) in [6, 6.07) is 20.5. The Balaban J connectivity index is 1.54. The molecule has 0 spiro atoms. The van der Waals surface area contributed by atoms with E-state index in [2.05, 4.69) is 26.5 Å². The minimum absolute atomic E-state index is 0.334. The van der Waals surface area contributed by atoms with Gasteiger partial charge in [0.1, 0.15) is 12.4 Å². The molecule has 0 saturated heterocycles. The number of benzene rings is 3. The fourth-order valence-electron chi connectivity index (χ4n) is 2.82. The number of hydrogen-bond donors (Lipinski definition) is 1. The van der Waals surface area contributed by atoms with Gasteiger partial charge in [0, 0.05) is 10.0 Å². The lowest BCUT2D eigenvalue weighted by Crippen LogP contribution is -2.17. The van der Waals surface area contributed by atoms with Crippen LogP contribution in [0.25, 0.3) is 0 Å². The van der Waals surface area contributed by atoms with E-state index in [1.54, 1.807) is 24.4 Å². The number of hydrazone groups is 1. The maximum Gasteiger partial charge on any atom is 0.271 e. The van der Waals surface area contributed by atoms with E-state index in [9.17, 15) is 4.79 Å². The van der Waals surface area contributed by atoms with Crippen molar-refractivity contribution in [1.82, 2.24) is 5.43 Å². The number of nitrogens with one attached hydrogen (secondary N) is 1. The first-order valence-corrected chi connectivity index (χ1v) is 11.1. The third kappa shape index (κ3) is 6.85. The molecule has 7 heteroatoms. The molecule has 0 aliphatic rings. The van der Waals surface area contributed by atoms with Crippen LogP contribution in [-0.2, 0) is 6.61 Å². The van der Waals surface area contributed by atoms with Crippen LogP contribution in [0.3, 0.4) is 0 Å². The molecule has 0 radical (unpaired) electrons.